The van der Waals surface area contributed by atoms with Crippen molar-refractivity contribution in [2.45, 2.75) is 38.8 Å². The van der Waals surface area contributed by atoms with E-state index in [2.05, 4.69) is 24.6 Å². The highest BCUT2D eigenvalue weighted by Gasteiger charge is 2.17. The van der Waals surface area contributed by atoms with E-state index in [1.807, 2.05) is 6.07 Å². The van der Waals surface area contributed by atoms with Crippen LogP contribution in [0.3, 0.4) is 0 Å². The Morgan fingerprint density at radius 2 is 2.12 bits per heavy atom. The summed E-state index contributed by atoms with van der Waals surface area (Å²) in [6, 6.07) is 5.76. The topological polar surface area (TPSA) is 77.1 Å². The quantitative estimate of drug-likeness (QED) is 0.376. The van der Waals surface area contributed by atoms with Gasteiger partial charge in [0.15, 0.2) is 12.1 Å². The first-order valence-corrected chi connectivity index (χ1v) is 11.8. The summed E-state index contributed by atoms with van der Waals surface area (Å²) in [5.41, 5.74) is 0.990. The molecule has 140 valence electrons. The number of benzene rings is 1. The molecule has 9 heteroatoms. The van der Waals surface area contributed by atoms with E-state index >= 15 is 0 Å². The normalized spacial score (nSPS) is 11.7. The number of rotatable bonds is 9. The van der Waals surface area contributed by atoms with Gasteiger partial charge in [0, 0.05) is 20.7 Å². The number of nitriles is 1. The van der Waals surface area contributed by atoms with Crippen LogP contribution in [-0.2, 0) is 11.5 Å². The Kier molecular flexibility index (Phi) is 6.45. The van der Waals surface area contributed by atoms with Gasteiger partial charge in [-0.2, -0.15) is 5.26 Å². The van der Waals surface area contributed by atoms with Gasteiger partial charge in [0.05, 0.1) is 16.6 Å². The van der Waals surface area contributed by atoms with Crippen LogP contribution in [0.15, 0.2) is 12.1 Å². The molecular weight excluding hydrogens is 360 g/mol. The van der Waals surface area contributed by atoms with Crippen molar-refractivity contribution >= 4 is 25.4 Å². The lowest BCUT2D eigenvalue weighted by atomic mass is 10.2. The van der Waals surface area contributed by atoms with E-state index < -0.39 is 21.1 Å². The number of hydrogen-bond donors (Lipinski definition) is 0. The maximum atomic E-state index is 12.4. The lowest BCUT2D eigenvalue weighted by molar-refractivity contribution is 0.0818. The first-order valence-electron chi connectivity index (χ1n) is 8.13. The molecule has 0 radical (unpaired) electrons. The minimum atomic E-state index is -2.65. The Balaban J connectivity index is 2.29. The predicted molar refractivity (Wildman–Crippen MR) is 95.4 cm³/mol. The lowest BCUT2D eigenvalue weighted by Crippen LogP contribution is -2.22. The predicted octanol–water partition coefficient (Wildman–Crippen LogP) is 3.68. The smallest absolute Gasteiger partial charge is 0.272 e. The van der Waals surface area contributed by atoms with E-state index in [4.69, 9.17) is 9.47 Å². The fourth-order valence-corrected chi connectivity index (χ4v) is 3.05. The molecule has 0 amide bonds. The molecule has 0 saturated heterocycles. The largest absolute Gasteiger partial charge is 0.486 e. The number of imidazole rings is 1. The molecule has 1 heterocycles. The standard InChI is InChI=1S/C17H21F2N3O3Si/c1-26(2,3)5-4-24-11-22-14-6-12(8-20)15(25-10-16(18)19)7-13(14)21-17(22)9-23/h6-7,9,16H,4-5,10-11H2,1-3H3. The van der Waals surface area contributed by atoms with Crippen LogP contribution < -0.4 is 4.74 Å². The molecule has 0 aliphatic rings. The minimum absolute atomic E-state index is 0.0158. The molecule has 0 atom stereocenters. The molecule has 0 spiro atoms. The van der Waals surface area contributed by atoms with Crippen LogP contribution in [0.1, 0.15) is 16.2 Å². The molecule has 0 bridgehead atoms. The summed E-state index contributed by atoms with van der Waals surface area (Å²) >= 11 is 0. The van der Waals surface area contributed by atoms with Crippen LogP contribution in [0.25, 0.3) is 11.0 Å². The maximum absolute atomic E-state index is 12.4. The molecule has 1 aromatic heterocycles. The molecule has 0 unspecified atom stereocenters. The zero-order valence-electron chi connectivity index (χ0n) is 15.0. The SMILES string of the molecule is C[Si](C)(C)CCOCn1c(C=O)nc2cc(OCC(F)F)c(C#N)cc21. The van der Waals surface area contributed by atoms with Gasteiger partial charge in [-0.15, -0.1) is 0 Å². The third kappa shape index (κ3) is 5.09. The van der Waals surface area contributed by atoms with E-state index in [0.717, 1.165) is 6.04 Å². The summed E-state index contributed by atoms with van der Waals surface area (Å²) < 4.78 is 36.9. The van der Waals surface area contributed by atoms with E-state index in [-0.39, 0.29) is 23.9 Å². The average Bonchev–Trinajstić information content (AvgIpc) is 2.91. The summed E-state index contributed by atoms with van der Waals surface area (Å²) in [4.78, 5) is 15.5. The van der Waals surface area contributed by atoms with Crippen molar-refractivity contribution in [3.63, 3.8) is 0 Å². The molecule has 0 fully saturated rings. The fourth-order valence-electron chi connectivity index (χ4n) is 2.29. The van der Waals surface area contributed by atoms with E-state index in [0.29, 0.717) is 23.9 Å². The summed E-state index contributed by atoms with van der Waals surface area (Å²) in [5, 5.41) is 9.26. The monoisotopic (exact) mass is 381 g/mol. The van der Waals surface area contributed by atoms with Crippen LogP contribution >= 0.6 is 0 Å². The van der Waals surface area contributed by atoms with Gasteiger partial charge in [0.1, 0.15) is 25.2 Å². The van der Waals surface area contributed by atoms with Gasteiger partial charge < -0.3 is 9.47 Å². The molecule has 26 heavy (non-hydrogen) atoms. The Morgan fingerprint density at radius 3 is 2.69 bits per heavy atom. The summed E-state index contributed by atoms with van der Waals surface area (Å²) in [7, 11) is -1.24. The molecule has 2 rings (SSSR count). The summed E-state index contributed by atoms with van der Waals surface area (Å²) in [6.45, 7) is 6.58. The number of carbonyl (C=O) groups is 1. The van der Waals surface area contributed by atoms with Crippen molar-refractivity contribution in [3.05, 3.63) is 23.5 Å². The lowest BCUT2D eigenvalue weighted by Gasteiger charge is -2.16. The summed E-state index contributed by atoms with van der Waals surface area (Å²) in [5.74, 6) is 0.157. The number of alkyl halides is 2. The van der Waals surface area contributed by atoms with Crippen LogP contribution in [0.5, 0.6) is 5.75 Å². The highest BCUT2D eigenvalue weighted by atomic mass is 28.3. The number of ether oxygens (including phenoxy) is 2. The second-order valence-electron chi connectivity index (χ2n) is 7.01. The zero-order chi connectivity index (χ0) is 19.3. The molecule has 0 saturated carbocycles. The van der Waals surface area contributed by atoms with Gasteiger partial charge in [0.25, 0.3) is 6.43 Å². The van der Waals surface area contributed by atoms with E-state index in [1.165, 1.54) is 12.1 Å². The third-order valence-electron chi connectivity index (χ3n) is 3.69. The van der Waals surface area contributed by atoms with Gasteiger partial charge in [-0.1, -0.05) is 19.6 Å². The zero-order valence-corrected chi connectivity index (χ0v) is 16.0. The van der Waals surface area contributed by atoms with Crippen molar-refractivity contribution in [1.82, 2.24) is 9.55 Å². The van der Waals surface area contributed by atoms with Crippen molar-refractivity contribution in [3.8, 4) is 11.8 Å². The summed E-state index contributed by atoms with van der Waals surface area (Å²) in [6.07, 6.45) is -2.06. The first kappa shape index (κ1) is 20.0. The van der Waals surface area contributed by atoms with Gasteiger partial charge in [-0.05, 0) is 12.1 Å². The number of fused-ring (bicyclic) bond motifs is 1. The molecule has 0 aliphatic carbocycles. The van der Waals surface area contributed by atoms with Crippen molar-refractivity contribution in [2.24, 2.45) is 0 Å². The Hall–Kier alpha value is -2.31. The maximum Gasteiger partial charge on any atom is 0.272 e. The number of carbonyl (C=O) groups excluding carboxylic acids is 1. The molecule has 6 nitrogen and oxygen atoms in total. The van der Waals surface area contributed by atoms with Gasteiger partial charge >= 0.3 is 0 Å². The van der Waals surface area contributed by atoms with Crippen LogP contribution in [0.2, 0.25) is 25.7 Å². The van der Waals surface area contributed by atoms with Crippen molar-refractivity contribution in [1.29, 1.82) is 5.26 Å². The van der Waals surface area contributed by atoms with Crippen LogP contribution in [-0.4, -0.2) is 43.6 Å². The third-order valence-corrected chi connectivity index (χ3v) is 5.39. The number of nitrogens with zero attached hydrogens (tertiary/aromatic N) is 3. The molecule has 0 aliphatic heterocycles. The molecule has 0 N–H and O–H groups in total. The number of hydrogen-bond acceptors (Lipinski definition) is 5. The highest BCUT2D eigenvalue weighted by Crippen LogP contribution is 2.26. The van der Waals surface area contributed by atoms with E-state index in [1.54, 1.807) is 4.57 Å². The Morgan fingerprint density at radius 1 is 1.38 bits per heavy atom. The fraction of sp³-hybridized carbons (Fsp3) is 0.471. The number of aldehydes is 1. The van der Waals surface area contributed by atoms with Crippen LogP contribution in [0, 0.1) is 11.3 Å². The Bertz CT molecular complexity index is 825. The second-order valence-corrected chi connectivity index (χ2v) is 12.6. The Labute approximate surface area is 151 Å². The number of aromatic nitrogens is 2. The average molecular weight is 381 g/mol. The molecule has 1 aromatic carbocycles. The number of halogens is 2. The second kappa shape index (κ2) is 8.38. The van der Waals surface area contributed by atoms with Crippen molar-refractivity contribution in [2.75, 3.05) is 13.2 Å². The minimum Gasteiger partial charge on any atom is -0.486 e. The van der Waals surface area contributed by atoms with Gasteiger partial charge in [-0.25, -0.2) is 13.8 Å². The first-order chi connectivity index (χ1) is 12.2. The van der Waals surface area contributed by atoms with E-state index in [9.17, 15) is 18.8 Å². The molecular formula is C17H21F2N3O3Si. The molecule has 2 aromatic rings. The highest BCUT2D eigenvalue weighted by molar-refractivity contribution is 6.76. The van der Waals surface area contributed by atoms with Gasteiger partial charge in [0.2, 0.25) is 0 Å². The van der Waals surface area contributed by atoms with Gasteiger partial charge in [-0.3, -0.25) is 9.36 Å². The van der Waals surface area contributed by atoms with Crippen LogP contribution in [0.4, 0.5) is 8.78 Å². The van der Waals surface area contributed by atoms with Crippen molar-refractivity contribution < 1.29 is 23.0 Å².